The Morgan fingerprint density at radius 2 is 1.95 bits per heavy atom. The van der Waals surface area contributed by atoms with Gasteiger partial charge in [-0.1, -0.05) is 50.8 Å². The number of nitrogens with one attached hydrogen (secondary N) is 1. The molecule has 0 aromatic heterocycles. The monoisotopic (exact) mass is 297 g/mol. The lowest BCUT2D eigenvalue weighted by Crippen LogP contribution is -2.31. The third kappa shape index (κ3) is 3.73. The van der Waals surface area contributed by atoms with Gasteiger partial charge >= 0.3 is 0 Å². The minimum Gasteiger partial charge on any atom is -0.310 e. The fourth-order valence-electron chi connectivity index (χ4n) is 3.41. The second-order valence-electron chi connectivity index (χ2n) is 5.90. The molecule has 0 saturated heterocycles. The molecule has 2 rings (SSSR count). The Kier molecular flexibility index (Phi) is 5.86. The molecule has 0 bridgehead atoms. The van der Waals surface area contributed by atoms with E-state index in [0.29, 0.717) is 12.0 Å². The summed E-state index contributed by atoms with van der Waals surface area (Å²) >= 11 is 5.94. The van der Waals surface area contributed by atoms with E-state index in [1.54, 1.807) is 6.07 Å². The molecule has 0 amide bonds. The highest BCUT2D eigenvalue weighted by atomic mass is 35.5. The SMILES string of the molecule is CCNC(c1ccc(F)c(Cl)c1)C1CCC(CC)CC1. The Hall–Kier alpha value is -0.600. The van der Waals surface area contributed by atoms with Crippen molar-refractivity contribution < 1.29 is 4.39 Å². The third-order valence-electron chi connectivity index (χ3n) is 4.67. The van der Waals surface area contributed by atoms with Crippen molar-refractivity contribution in [3.63, 3.8) is 0 Å². The Balaban J connectivity index is 2.12. The summed E-state index contributed by atoms with van der Waals surface area (Å²) in [5.74, 6) is 1.20. The molecule has 0 spiro atoms. The van der Waals surface area contributed by atoms with E-state index in [2.05, 4.69) is 19.2 Å². The van der Waals surface area contributed by atoms with Crippen LogP contribution in [0.2, 0.25) is 5.02 Å². The van der Waals surface area contributed by atoms with Crippen LogP contribution >= 0.6 is 11.6 Å². The molecule has 1 aromatic carbocycles. The van der Waals surface area contributed by atoms with Crippen LogP contribution in [0.4, 0.5) is 4.39 Å². The van der Waals surface area contributed by atoms with Gasteiger partial charge < -0.3 is 5.32 Å². The van der Waals surface area contributed by atoms with Crippen LogP contribution in [0, 0.1) is 17.7 Å². The second kappa shape index (κ2) is 7.42. The first-order valence-electron chi connectivity index (χ1n) is 7.84. The van der Waals surface area contributed by atoms with E-state index < -0.39 is 0 Å². The van der Waals surface area contributed by atoms with Crippen molar-refractivity contribution in [3.8, 4) is 0 Å². The summed E-state index contributed by atoms with van der Waals surface area (Å²) < 4.78 is 13.3. The highest BCUT2D eigenvalue weighted by Crippen LogP contribution is 2.38. The number of hydrogen-bond donors (Lipinski definition) is 1. The summed E-state index contributed by atoms with van der Waals surface area (Å²) in [6, 6.07) is 5.45. The fourth-order valence-corrected chi connectivity index (χ4v) is 3.60. The van der Waals surface area contributed by atoms with Crippen molar-refractivity contribution in [2.75, 3.05) is 6.54 Å². The molecule has 1 aliphatic carbocycles. The molecule has 112 valence electrons. The number of benzene rings is 1. The molecule has 3 heteroatoms. The van der Waals surface area contributed by atoms with Crippen molar-refractivity contribution in [2.24, 2.45) is 11.8 Å². The molecule has 1 N–H and O–H groups in total. The molecular weight excluding hydrogens is 273 g/mol. The molecule has 0 aliphatic heterocycles. The molecule has 20 heavy (non-hydrogen) atoms. The summed E-state index contributed by atoms with van der Waals surface area (Å²) in [5, 5.41) is 3.80. The number of hydrogen-bond acceptors (Lipinski definition) is 1. The molecule has 0 radical (unpaired) electrons. The smallest absolute Gasteiger partial charge is 0.141 e. The Labute approximate surface area is 126 Å². The van der Waals surface area contributed by atoms with Gasteiger partial charge in [0.05, 0.1) is 5.02 Å². The topological polar surface area (TPSA) is 12.0 Å². The van der Waals surface area contributed by atoms with E-state index in [9.17, 15) is 4.39 Å². The van der Waals surface area contributed by atoms with Crippen LogP contribution in [-0.2, 0) is 0 Å². The van der Waals surface area contributed by atoms with Gasteiger partial charge in [0.25, 0.3) is 0 Å². The van der Waals surface area contributed by atoms with Crippen LogP contribution in [0.15, 0.2) is 18.2 Å². The van der Waals surface area contributed by atoms with Crippen molar-refractivity contribution in [2.45, 2.75) is 52.0 Å². The van der Waals surface area contributed by atoms with Gasteiger partial charge in [-0.2, -0.15) is 0 Å². The maximum absolute atomic E-state index is 13.3. The molecule has 1 unspecified atom stereocenters. The lowest BCUT2D eigenvalue weighted by Gasteiger charge is -2.34. The Bertz CT molecular complexity index is 427. The molecule has 1 atom stereocenters. The zero-order valence-electron chi connectivity index (χ0n) is 12.5. The van der Waals surface area contributed by atoms with E-state index >= 15 is 0 Å². The van der Waals surface area contributed by atoms with Crippen molar-refractivity contribution >= 4 is 11.6 Å². The molecule has 1 fully saturated rings. The fraction of sp³-hybridized carbons (Fsp3) is 0.647. The number of rotatable bonds is 5. The van der Waals surface area contributed by atoms with Gasteiger partial charge in [-0.3, -0.25) is 0 Å². The van der Waals surface area contributed by atoms with Gasteiger partial charge in [-0.15, -0.1) is 0 Å². The molecule has 0 heterocycles. The largest absolute Gasteiger partial charge is 0.310 e. The van der Waals surface area contributed by atoms with Crippen LogP contribution in [0.3, 0.4) is 0 Å². The Morgan fingerprint density at radius 3 is 2.50 bits per heavy atom. The van der Waals surface area contributed by atoms with E-state index in [-0.39, 0.29) is 10.8 Å². The van der Waals surface area contributed by atoms with Crippen molar-refractivity contribution in [1.29, 1.82) is 0 Å². The number of halogens is 2. The lowest BCUT2D eigenvalue weighted by molar-refractivity contribution is 0.220. The zero-order chi connectivity index (χ0) is 14.5. The third-order valence-corrected chi connectivity index (χ3v) is 4.96. The minimum absolute atomic E-state index is 0.229. The van der Waals surface area contributed by atoms with Crippen molar-refractivity contribution in [1.82, 2.24) is 5.32 Å². The molecule has 1 saturated carbocycles. The average Bonchev–Trinajstić information content (AvgIpc) is 2.48. The van der Waals surface area contributed by atoms with Crippen molar-refractivity contribution in [3.05, 3.63) is 34.6 Å². The maximum Gasteiger partial charge on any atom is 0.141 e. The second-order valence-corrected chi connectivity index (χ2v) is 6.31. The van der Waals surface area contributed by atoms with Crippen LogP contribution in [0.1, 0.15) is 57.6 Å². The van der Waals surface area contributed by atoms with Gasteiger partial charge in [-0.25, -0.2) is 4.39 Å². The van der Waals surface area contributed by atoms with Crippen LogP contribution in [0.25, 0.3) is 0 Å². The molecule has 1 aliphatic rings. The predicted octanol–water partition coefficient (Wildman–Crippen LogP) is 5.35. The summed E-state index contributed by atoms with van der Waals surface area (Å²) in [5.41, 5.74) is 1.12. The highest BCUT2D eigenvalue weighted by Gasteiger charge is 2.27. The van der Waals surface area contributed by atoms with Gasteiger partial charge in [0.2, 0.25) is 0 Å². The quantitative estimate of drug-likeness (QED) is 0.773. The van der Waals surface area contributed by atoms with Crippen LogP contribution in [0.5, 0.6) is 0 Å². The highest BCUT2D eigenvalue weighted by molar-refractivity contribution is 6.30. The van der Waals surface area contributed by atoms with Gasteiger partial charge in [0.15, 0.2) is 0 Å². The van der Waals surface area contributed by atoms with Gasteiger partial charge in [0.1, 0.15) is 5.82 Å². The van der Waals surface area contributed by atoms with E-state index in [4.69, 9.17) is 11.6 Å². The zero-order valence-corrected chi connectivity index (χ0v) is 13.2. The van der Waals surface area contributed by atoms with E-state index in [1.165, 1.54) is 38.2 Å². The first-order valence-corrected chi connectivity index (χ1v) is 8.21. The summed E-state index contributed by atoms with van der Waals surface area (Å²) in [6.07, 6.45) is 6.44. The van der Waals surface area contributed by atoms with Crippen LogP contribution in [-0.4, -0.2) is 6.54 Å². The summed E-state index contributed by atoms with van der Waals surface area (Å²) in [6.45, 7) is 5.33. The molecule has 1 aromatic rings. The van der Waals surface area contributed by atoms with Gasteiger partial charge in [-0.05, 0) is 48.9 Å². The first kappa shape index (κ1) is 15.8. The molecular formula is C17H25ClFN. The average molecular weight is 298 g/mol. The van der Waals surface area contributed by atoms with Gasteiger partial charge in [0, 0.05) is 6.04 Å². The summed E-state index contributed by atoms with van der Waals surface area (Å²) in [7, 11) is 0. The Morgan fingerprint density at radius 1 is 1.25 bits per heavy atom. The van der Waals surface area contributed by atoms with E-state index in [0.717, 1.165) is 18.0 Å². The van der Waals surface area contributed by atoms with E-state index in [1.807, 2.05) is 6.07 Å². The summed E-state index contributed by atoms with van der Waals surface area (Å²) in [4.78, 5) is 0. The maximum atomic E-state index is 13.3. The molecule has 1 nitrogen and oxygen atoms in total. The first-order chi connectivity index (χ1) is 9.65. The minimum atomic E-state index is -0.333. The lowest BCUT2D eigenvalue weighted by atomic mass is 9.76. The predicted molar refractivity (Wildman–Crippen MR) is 83.6 cm³/mol. The standard InChI is InChI=1S/C17H25ClFN/c1-3-12-5-7-13(8-6-12)17(20-4-2)14-9-10-16(19)15(18)11-14/h9-13,17,20H,3-8H2,1-2H3. The normalized spacial score (nSPS) is 24.6. The van der Waals surface area contributed by atoms with Crippen LogP contribution < -0.4 is 5.32 Å².